The number of benzene rings is 1. The van der Waals surface area contributed by atoms with Gasteiger partial charge < -0.3 is 18.9 Å². The monoisotopic (exact) mass is 569 g/mol. The molecule has 0 radical (unpaired) electrons. The first-order valence-corrected chi connectivity index (χ1v) is 13.9. The average molecular weight is 570 g/mol. The molecule has 0 bridgehead atoms. The van der Waals surface area contributed by atoms with Gasteiger partial charge in [0.2, 0.25) is 21.9 Å². The van der Waals surface area contributed by atoms with E-state index < -0.39 is 21.4 Å². The molecule has 0 amide bonds. The lowest BCUT2D eigenvalue weighted by Crippen LogP contribution is -2.34. The van der Waals surface area contributed by atoms with Crippen LogP contribution in [0, 0.1) is 6.92 Å². The van der Waals surface area contributed by atoms with E-state index in [2.05, 4.69) is 29.9 Å². The number of hydrogen-bond donors (Lipinski definition) is 1. The second-order valence-electron chi connectivity index (χ2n) is 8.61. The first-order valence-electron chi connectivity index (χ1n) is 12.3. The van der Waals surface area contributed by atoms with Crippen LogP contribution in [0.25, 0.3) is 17.2 Å². The van der Waals surface area contributed by atoms with Crippen LogP contribution in [0.4, 0.5) is 5.95 Å². The van der Waals surface area contributed by atoms with Crippen molar-refractivity contribution in [2.45, 2.75) is 32.1 Å². The molecular weight excluding hydrogens is 538 g/mol. The fraction of sp³-hybridized carbons (Fsp3) is 0.346. The van der Waals surface area contributed by atoms with Gasteiger partial charge in [-0.25, -0.2) is 23.4 Å². The van der Waals surface area contributed by atoms with Gasteiger partial charge in [-0.15, -0.1) is 10.2 Å². The number of para-hydroxylation sites is 1. The summed E-state index contributed by atoms with van der Waals surface area (Å²) in [5.74, 6) is 1.46. The van der Waals surface area contributed by atoms with Crippen LogP contribution in [-0.2, 0) is 14.8 Å². The number of nitrogens with zero attached hydrogens (tertiary/aromatic N) is 6. The van der Waals surface area contributed by atoms with Gasteiger partial charge in [0.1, 0.15) is 34.2 Å². The molecule has 4 rings (SSSR count). The zero-order chi connectivity index (χ0) is 28.9. The number of anilines is 1. The van der Waals surface area contributed by atoms with E-state index in [0.29, 0.717) is 28.8 Å². The van der Waals surface area contributed by atoms with Crippen molar-refractivity contribution in [1.82, 2.24) is 29.7 Å². The Kier molecular flexibility index (Phi) is 8.80. The van der Waals surface area contributed by atoms with E-state index in [1.54, 1.807) is 55.7 Å². The summed E-state index contributed by atoms with van der Waals surface area (Å²) in [5, 5.41) is 7.36. The largest absolute Gasteiger partial charge is 0.494 e. The normalized spacial score (nSPS) is 12.9. The number of sulfonamides is 1. The fourth-order valence-electron chi connectivity index (χ4n) is 3.97. The zero-order valence-electron chi connectivity index (χ0n) is 23.0. The maximum Gasteiger partial charge on any atom is 0.243 e. The van der Waals surface area contributed by atoms with E-state index in [0.717, 1.165) is 5.56 Å². The standard InChI is InChI=1S/C26H31N7O6S/c1-7-39-23(24-27-14-16(2)15-28-24)17(3)40(34,35)32-26-31-30-25(18-10-8-13-21(29-18)38-6)33(26)22-19(36-4)11-9-12-20(22)37-5/h8-15,17,23H,7H2,1-6H3,(H,31,32)/t17-,23-/m1/s1. The third kappa shape index (κ3) is 5.82. The Hall–Kier alpha value is -4.30. The number of aryl methyl sites for hydroxylation is 1. The first kappa shape index (κ1) is 28.7. The Morgan fingerprint density at radius 3 is 2.20 bits per heavy atom. The molecule has 14 heteroatoms. The SMILES string of the molecule is CCO[C@@H](c1ncc(C)cn1)[C@@H](C)S(=O)(=O)Nc1nnc(-c2cccc(OC)n2)n1-c1c(OC)cccc1OC. The van der Waals surface area contributed by atoms with Crippen molar-refractivity contribution in [3.05, 3.63) is 60.2 Å². The Labute approximate surface area is 232 Å². The molecule has 0 unspecified atom stereocenters. The minimum atomic E-state index is -4.15. The molecule has 40 heavy (non-hydrogen) atoms. The molecule has 3 heterocycles. The van der Waals surface area contributed by atoms with Crippen molar-refractivity contribution in [1.29, 1.82) is 0 Å². The molecule has 0 aliphatic rings. The highest BCUT2D eigenvalue weighted by molar-refractivity contribution is 7.93. The molecule has 1 N–H and O–H groups in total. The Morgan fingerprint density at radius 1 is 0.950 bits per heavy atom. The van der Waals surface area contributed by atoms with Gasteiger partial charge in [-0.2, -0.15) is 0 Å². The first-order chi connectivity index (χ1) is 19.2. The Morgan fingerprint density at radius 2 is 1.60 bits per heavy atom. The number of aromatic nitrogens is 6. The second kappa shape index (κ2) is 12.3. The number of ether oxygens (including phenoxy) is 4. The average Bonchev–Trinajstić information content (AvgIpc) is 3.37. The predicted molar refractivity (Wildman–Crippen MR) is 147 cm³/mol. The molecule has 3 aromatic heterocycles. The van der Waals surface area contributed by atoms with Crippen molar-refractivity contribution in [2.24, 2.45) is 0 Å². The highest BCUT2D eigenvalue weighted by Crippen LogP contribution is 2.38. The summed E-state index contributed by atoms with van der Waals surface area (Å²) in [6, 6.07) is 10.3. The molecule has 0 saturated carbocycles. The fourth-order valence-corrected chi connectivity index (χ4v) is 5.06. The van der Waals surface area contributed by atoms with Gasteiger partial charge in [-0.3, -0.25) is 9.29 Å². The van der Waals surface area contributed by atoms with Crippen molar-refractivity contribution in [3.63, 3.8) is 0 Å². The molecule has 0 saturated heterocycles. The molecule has 212 valence electrons. The van der Waals surface area contributed by atoms with E-state index in [9.17, 15) is 8.42 Å². The summed E-state index contributed by atoms with van der Waals surface area (Å²) in [4.78, 5) is 13.1. The summed E-state index contributed by atoms with van der Waals surface area (Å²) < 4.78 is 53.9. The van der Waals surface area contributed by atoms with Crippen LogP contribution in [0.5, 0.6) is 17.4 Å². The number of pyridine rings is 1. The molecule has 0 spiro atoms. The van der Waals surface area contributed by atoms with Crippen molar-refractivity contribution in [2.75, 3.05) is 32.7 Å². The van der Waals surface area contributed by atoms with Gasteiger partial charge in [0.25, 0.3) is 0 Å². The summed E-state index contributed by atoms with van der Waals surface area (Å²) in [7, 11) is 0.329. The molecule has 0 aliphatic heterocycles. The van der Waals surface area contributed by atoms with Crippen LogP contribution in [0.1, 0.15) is 31.3 Å². The van der Waals surface area contributed by atoms with Crippen LogP contribution in [0.2, 0.25) is 0 Å². The van der Waals surface area contributed by atoms with Crippen molar-refractivity contribution < 1.29 is 27.4 Å². The molecule has 2 atom stereocenters. The van der Waals surface area contributed by atoms with Gasteiger partial charge in [0.15, 0.2) is 11.6 Å². The van der Waals surface area contributed by atoms with Gasteiger partial charge in [-0.05, 0) is 44.5 Å². The summed E-state index contributed by atoms with van der Waals surface area (Å²) >= 11 is 0. The highest BCUT2D eigenvalue weighted by Gasteiger charge is 2.35. The third-order valence-electron chi connectivity index (χ3n) is 6.00. The van der Waals surface area contributed by atoms with Gasteiger partial charge in [0, 0.05) is 25.1 Å². The minimum Gasteiger partial charge on any atom is -0.494 e. The minimum absolute atomic E-state index is 0.116. The van der Waals surface area contributed by atoms with Crippen molar-refractivity contribution >= 4 is 16.0 Å². The van der Waals surface area contributed by atoms with E-state index in [-0.39, 0.29) is 24.2 Å². The van der Waals surface area contributed by atoms with Crippen LogP contribution >= 0.6 is 0 Å². The zero-order valence-corrected chi connectivity index (χ0v) is 23.8. The van der Waals surface area contributed by atoms with Gasteiger partial charge >= 0.3 is 0 Å². The molecule has 0 aliphatic carbocycles. The summed E-state index contributed by atoms with van der Waals surface area (Å²) in [5.41, 5.74) is 1.58. The quantitative estimate of drug-likeness (QED) is 0.267. The third-order valence-corrected chi connectivity index (χ3v) is 7.69. The van der Waals surface area contributed by atoms with E-state index in [4.69, 9.17) is 18.9 Å². The van der Waals surface area contributed by atoms with E-state index in [1.165, 1.54) is 32.8 Å². The second-order valence-corrected chi connectivity index (χ2v) is 10.6. The molecule has 4 aromatic rings. The van der Waals surface area contributed by atoms with Crippen LogP contribution in [-0.4, -0.2) is 71.3 Å². The van der Waals surface area contributed by atoms with Crippen molar-refractivity contribution in [3.8, 4) is 34.6 Å². The number of hydrogen-bond acceptors (Lipinski definition) is 11. The molecule has 1 aromatic carbocycles. The highest BCUT2D eigenvalue weighted by atomic mass is 32.2. The Balaban J connectivity index is 1.85. The van der Waals surface area contributed by atoms with Crippen LogP contribution in [0.15, 0.2) is 48.8 Å². The molecule has 13 nitrogen and oxygen atoms in total. The summed E-state index contributed by atoms with van der Waals surface area (Å²) in [6.45, 7) is 5.38. The maximum absolute atomic E-state index is 13.8. The van der Waals surface area contributed by atoms with Crippen LogP contribution < -0.4 is 18.9 Å². The topological polar surface area (TPSA) is 152 Å². The number of rotatable bonds is 12. The van der Waals surface area contributed by atoms with Crippen LogP contribution in [0.3, 0.4) is 0 Å². The molecular formula is C26H31N7O6S. The summed E-state index contributed by atoms with van der Waals surface area (Å²) in [6.07, 6.45) is 2.28. The maximum atomic E-state index is 13.8. The number of methoxy groups -OCH3 is 3. The predicted octanol–water partition coefficient (Wildman–Crippen LogP) is 3.36. The number of nitrogens with one attached hydrogen (secondary N) is 1. The lowest BCUT2D eigenvalue weighted by atomic mass is 10.2. The van der Waals surface area contributed by atoms with E-state index in [1.807, 2.05) is 6.92 Å². The smallest absolute Gasteiger partial charge is 0.243 e. The lowest BCUT2D eigenvalue weighted by molar-refractivity contribution is 0.0557. The van der Waals surface area contributed by atoms with Gasteiger partial charge in [-0.1, -0.05) is 12.1 Å². The Bertz CT molecular complexity index is 1540. The molecule has 0 fully saturated rings. The lowest BCUT2D eigenvalue weighted by Gasteiger charge is -2.23. The van der Waals surface area contributed by atoms with Gasteiger partial charge in [0.05, 0.1) is 21.3 Å². The van der Waals surface area contributed by atoms with E-state index >= 15 is 0 Å².